The number of piperidine rings is 1. The Balaban J connectivity index is 1.51. The van der Waals surface area contributed by atoms with Gasteiger partial charge in [-0.05, 0) is 36.4 Å². The topological polar surface area (TPSA) is 68.5 Å². The Kier molecular flexibility index (Phi) is 4.71. The first-order valence-corrected chi connectivity index (χ1v) is 9.43. The number of aromatic nitrogens is 2. The largest absolute Gasteiger partial charge is 0.497 e. The van der Waals surface area contributed by atoms with Gasteiger partial charge in [0.15, 0.2) is 0 Å². The highest BCUT2D eigenvalue weighted by Crippen LogP contribution is 2.29. The van der Waals surface area contributed by atoms with Gasteiger partial charge in [0.05, 0.1) is 17.9 Å². The maximum atomic E-state index is 12.6. The zero-order chi connectivity index (χ0) is 17.9. The maximum absolute atomic E-state index is 12.6. The average molecular weight is 369 g/mol. The van der Waals surface area contributed by atoms with Gasteiger partial charge >= 0.3 is 0 Å². The van der Waals surface area contributed by atoms with Crippen molar-refractivity contribution in [2.24, 2.45) is 0 Å². The van der Waals surface area contributed by atoms with Crippen LogP contribution in [0.2, 0.25) is 0 Å². The van der Waals surface area contributed by atoms with Crippen LogP contribution in [0.25, 0.3) is 11.4 Å². The molecule has 6 nitrogen and oxygen atoms in total. The van der Waals surface area contributed by atoms with Gasteiger partial charge in [-0.25, -0.2) is 0 Å². The fraction of sp³-hybridized carbons (Fsp3) is 0.316. The van der Waals surface area contributed by atoms with Crippen molar-refractivity contribution in [1.82, 2.24) is 15.0 Å². The minimum atomic E-state index is 0.0690. The zero-order valence-corrected chi connectivity index (χ0v) is 15.2. The minimum absolute atomic E-state index is 0.0690. The normalized spacial score (nSPS) is 17.3. The van der Waals surface area contributed by atoms with Crippen molar-refractivity contribution in [2.75, 3.05) is 20.2 Å². The molecule has 1 unspecified atom stereocenters. The van der Waals surface area contributed by atoms with Crippen molar-refractivity contribution >= 4 is 17.2 Å². The van der Waals surface area contributed by atoms with Crippen LogP contribution in [0.5, 0.6) is 5.75 Å². The molecule has 26 heavy (non-hydrogen) atoms. The molecule has 1 aliphatic heterocycles. The molecule has 0 aliphatic carbocycles. The van der Waals surface area contributed by atoms with Crippen LogP contribution >= 0.6 is 11.3 Å². The molecule has 4 rings (SSSR count). The lowest BCUT2D eigenvalue weighted by molar-refractivity contribution is 0.0700. The smallest absolute Gasteiger partial charge is 0.263 e. The Hall–Kier alpha value is -2.67. The lowest BCUT2D eigenvalue weighted by atomic mass is 9.98. The van der Waals surface area contributed by atoms with Gasteiger partial charge in [0.25, 0.3) is 5.91 Å². The molecule has 1 atom stereocenters. The molecular weight excluding hydrogens is 350 g/mol. The third kappa shape index (κ3) is 3.35. The second-order valence-corrected chi connectivity index (χ2v) is 7.20. The first-order valence-electron chi connectivity index (χ1n) is 8.55. The molecule has 0 spiro atoms. The van der Waals surface area contributed by atoms with Crippen LogP contribution in [-0.4, -0.2) is 41.1 Å². The Labute approximate surface area is 155 Å². The second kappa shape index (κ2) is 7.29. The number of likely N-dealkylation sites (tertiary alicyclic amines) is 1. The summed E-state index contributed by atoms with van der Waals surface area (Å²) in [4.78, 5) is 19.8. The third-order valence-electron chi connectivity index (χ3n) is 4.56. The van der Waals surface area contributed by atoms with Gasteiger partial charge in [-0.2, -0.15) is 4.98 Å². The number of rotatable bonds is 4. The molecule has 0 bridgehead atoms. The lowest BCUT2D eigenvalue weighted by Gasteiger charge is -2.30. The van der Waals surface area contributed by atoms with Crippen molar-refractivity contribution in [1.29, 1.82) is 0 Å². The van der Waals surface area contributed by atoms with Crippen molar-refractivity contribution < 1.29 is 14.1 Å². The van der Waals surface area contributed by atoms with E-state index in [1.165, 1.54) is 11.3 Å². The SMILES string of the molecule is COc1cccc(-c2noc(C3CCCN(C(=O)c4cccs4)C3)n2)c1. The molecule has 134 valence electrons. The lowest BCUT2D eigenvalue weighted by Crippen LogP contribution is -2.38. The van der Waals surface area contributed by atoms with Crippen LogP contribution in [-0.2, 0) is 0 Å². The van der Waals surface area contributed by atoms with Gasteiger partial charge in [0, 0.05) is 18.7 Å². The molecule has 1 saturated heterocycles. The minimum Gasteiger partial charge on any atom is -0.497 e. The molecule has 1 amide bonds. The van der Waals surface area contributed by atoms with Gasteiger partial charge in [-0.3, -0.25) is 4.79 Å². The summed E-state index contributed by atoms with van der Waals surface area (Å²) < 4.78 is 10.8. The standard InChI is InChI=1S/C19H19N3O3S/c1-24-15-7-2-5-13(11-15)17-20-18(25-21-17)14-6-3-9-22(12-14)19(23)16-8-4-10-26-16/h2,4-5,7-8,10-11,14H,3,6,9,12H2,1H3. The highest BCUT2D eigenvalue weighted by Gasteiger charge is 2.29. The van der Waals surface area contributed by atoms with Crippen LogP contribution in [0.15, 0.2) is 46.3 Å². The molecule has 2 aromatic heterocycles. The van der Waals surface area contributed by atoms with E-state index in [0.29, 0.717) is 18.3 Å². The first kappa shape index (κ1) is 16.8. The molecule has 0 radical (unpaired) electrons. The van der Waals surface area contributed by atoms with E-state index in [4.69, 9.17) is 9.26 Å². The van der Waals surface area contributed by atoms with Crippen LogP contribution in [0.1, 0.15) is 34.3 Å². The monoisotopic (exact) mass is 369 g/mol. The summed E-state index contributed by atoms with van der Waals surface area (Å²) in [6.07, 6.45) is 1.87. The van der Waals surface area contributed by atoms with Crippen molar-refractivity contribution in [3.8, 4) is 17.1 Å². The van der Waals surface area contributed by atoms with E-state index >= 15 is 0 Å². The number of hydrogen-bond donors (Lipinski definition) is 0. The highest BCUT2D eigenvalue weighted by molar-refractivity contribution is 7.12. The third-order valence-corrected chi connectivity index (χ3v) is 5.42. The number of hydrogen-bond acceptors (Lipinski definition) is 6. The van der Waals surface area contributed by atoms with E-state index in [9.17, 15) is 4.79 Å². The van der Waals surface area contributed by atoms with E-state index in [0.717, 1.165) is 35.6 Å². The average Bonchev–Trinajstić information content (AvgIpc) is 3.39. The number of amides is 1. The highest BCUT2D eigenvalue weighted by atomic mass is 32.1. The van der Waals surface area contributed by atoms with Crippen molar-refractivity contribution in [3.63, 3.8) is 0 Å². The number of benzene rings is 1. The van der Waals surface area contributed by atoms with Gasteiger partial charge in [-0.1, -0.05) is 23.4 Å². The van der Waals surface area contributed by atoms with Crippen LogP contribution in [0, 0.1) is 0 Å². The predicted molar refractivity (Wildman–Crippen MR) is 98.5 cm³/mol. The number of thiophene rings is 1. The number of carbonyl (C=O) groups is 1. The summed E-state index contributed by atoms with van der Waals surface area (Å²) in [5, 5.41) is 6.04. The molecule has 1 fully saturated rings. The molecule has 1 aromatic carbocycles. The van der Waals surface area contributed by atoms with Gasteiger partial charge in [-0.15, -0.1) is 11.3 Å². The summed E-state index contributed by atoms with van der Waals surface area (Å²) in [7, 11) is 1.63. The number of carbonyl (C=O) groups excluding carboxylic acids is 1. The molecule has 0 N–H and O–H groups in total. The Morgan fingerprint density at radius 3 is 3.08 bits per heavy atom. The molecule has 3 heterocycles. The first-order chi connectivity index (χ1) is 12.7. The number of nitrogens with zero attached hydrogens (tertiary/aromatic N) is 3. The van der Waals surface area contributed by atoms with Gasteiger partial charge in [0.1, 0.15) is 5.75 Å². The Morgan fingerprint density at radius 1 is 1.35 bits per heavy atom. The van der Waals surface area contributed by atoms with Crippen molar-refractivity contribution in [2.45, 2.75) is 18.8 Å². The van der Waals surface area contributed by atoms with E-state index in [-0.39, 0.29) is 11.8 Å². The molecule has 3 aromatic rings. The summed E-state index contributed by atoms with van der Waals surface area (Å²) in [5.74, 6) is 2.03. The fourth-order valence-electron chi connectivity index (χ4n) is 3.20. The van der Waals surface area contributed by atoms with E-state index < -0.39 is 0 Å². The van der Waals surface area contributed by atoms with Crippen LogP contribution in [0.4, 0.5) is 0 Å². The van der Waals surface area contributed by atoms with Crippen LogP contribution < -0.4 is 4.74 Å². The summed E-state index contributed by atoms with van der Waals surface area (Å²) in [5.41, 5.74) is 0.849. The van der Waals surface area contributed by atoms with E-state index in [1.807, 2.05) is 46.7 Å². The predicted octanol–water partition coefficient (Wildman–Crippen LogP) is 3.83. The van der Waals surface area contributed by atoms with E-state index in [2.05, 4.69) is 10.1 Å². The number of methoxy groups -OCH3 is 1. The number of ether oxygens (including phenoxy) is 1. The summed E-state index contributed by atoms with van der Waals surface area (Å²) >= 11 is 1.47. The summed E-state index contributed by atoms with van der Waals surface area (Å²) in [6.45, 7) is 1.38. The van der Waals surface area contributed by atoms with Gasteiger partial charge < -0.3 is 14.2 Å². The van der Waals surface area contributed by atoms with Gasteiger partial charge in [0.2, 0.25) is 11.7 Å². The quantitative estimate of drug-likeness (QED) is 0.699. The maximum Gasteiger partial charge on any atom is 0.263 e. The van der Waals surface area contributed by atoms with Crippen molar-refractivity contribution in [3.05, 3.63) is 52.5 Å². The fourth-order valence-corrected chi connectivity index (χ4v) is 3.89. The zero-order valence-electron chi connectivity index (χ0n) is 14.4. The molecule has 0 saturated carbocycles. The Morgan fingerprint density at radius 2 is 2.27 bits per heavy atom. The molecule has 7 heteroatoms. The second-order valence-electron chi connectivity index (χ2n) is 6.26. The molecule has 1 aliphatic rings. The Bertz CT molecular complexity index is 891. The summed E-state index contributed by atoms with van der Waals surface area (Å²) in [6, 6.07) is 11.3. The molecular formula is C19H19N3O3S. The van der Waals surface area contributed by atoms with Crippen LogP contribution in [0.3, 0.4) is 0 Å². The van der Waals surface area contributed by atoms with E-state index in [1.54, 1.807) is 7.11 Å².